The third-order valence-corrected chi connectivity index (χ3v) is 19.1. The van der Waals surface area contributed by atoms with E-state index >= 15 is 0 Å². The standard InChI is InChI=1S/C56H100O2/c1-10-11-12-13-14-15-16-17-18-19-20-21-22-23-24-25-26-27-28-29-30-31-32-33-50(57)58-49-37-38-54(7)47(52(49,4)5)36-39-56(9)48(54)35-34-45-46-44-51(2,3)40-41-53(46,6)42-43-55(45,56)8/h47-49H,10-44H2,1-9H3/t47-,48+,49-,53+,54-,55+,56+/m0/s1. The van der Waals surface area contributed by atoms with Crippen LogP contribution in [0.2, 0.25) is 0 Å². The van der Waals surface area contributed by atoms with Crippen LogP contribution in [0.1, 0.15) is 287 Å². The molecule has 0 unspecified atom stereocenters. The highest BCUT2D eigenvalue weighted by Gasteiger charge is 2.67. The zero-order valence-electron chi connectivity index (χ0n) is 40.8. The molecule has 7 atom stereocenters. The Balaban J connectivity index is 0.924. The number of hydrogen-bond acceptors (Lipinski definition) is 2. The minimum Gasteiger partial charge on any atom is -0.462 e. The van der Waals surface area contributed by atoms with Crippen molar-refractivity contribution >= 4 is 5.97 Å². The Morgan fingerprint density at radius 2 is 1.00 bits per heavy atom. The molecule has 4 saturated carbocycles. The van der Waals surface area contributed by atoms with Gasteiger partial charge in [-0.25, -0.2) is 0 Å². The fraction of sp³-hybridized carbons (Fsp3) is 0.946. The molecule has 58 heavy (non-hydrogen) atoms. The molecule has 5 rings (SSSR count). The molecule has 0 heterocycles. The van der Waals surface area contributed by atoms with Crippen LogP contribution in [0.25, 0.3) is 0 Å². The summed E-state index contributed by atoms with van der Waals surface area (Å²) in [6.07, 6.45) is 47.4. The van der Waals surface area contributed by atoms with Gasteiger partial charge in [-0.05, 0) is 116 Å². The lowest BCUT2D eigenvalue weighted by Crippen LogP contribution is -2.64. The monoisotopic (exact) mass is 805 g/mol. The van der Waals surface area contributed by atoms with Crippen molar-refractivity contribution in [3.63, 3.8) is 0 Å². The summed E-state index contributed by atoms with van der Waals surface area (Å²) in [6.45, 7) is 23.1. The van der Waals surface area contributed by atoms with Crippen molar-refractivity contribution in [3.05, 3.63) is 11.1 Å². The van der Waals surface area contributed by atoms with Crippen molar-refractivity contribution in [3.8, 4) is 0 Å². The molecular formula is C56H100O2. The number of rotatable bonds is 25. The molecule has 0 aromatic rings. The Hall–Kier alpha value is -0.790. The maximum Gasteiger partial charge on any atom is 0.306 e. The number of esters is 1. The second kappa shape index (κ2) is 21.5. The van der Waals surface area contributed by atoms with Gasteiger partial charge in [0.15, 0.2) is 0 Å². The average Bonchev–Trinajstić information content (AvgIpc) is 3.17. The van der Waals surface area contributed by atoms with E-state index in [0.29, 0.717) is 39.4 Å². The van der Waals surface area contributed by atoms with Crippen molar-refractivity contribution in [1.29, 1.82) is 0 Å². The molecule has 0 amide bonds. The third kappa shape index (κ3) is 11.4. The van der Waals surface area contributed by atoms with Crippen LogP contribution in [-0.4, -0.2) is 12.1 Å². The molecule has 0 aromatic carbocycles. The molecule has 0 N–H and O–H groups in total. The van der Waals surface area contributed by atoms with E-state index in [4.69, 9.17) is 4.74 Å². The van der Waals surface area contributed by atoms with Gasteiger partial charge in [-0.3, -0.25) is 4.79 Å². The third-order valence-electron chi connectivity index (χ3n) is 19.1. The number of hydrogen-bond donors (Lipinski definition) is 0. The van der Waals surface area contributed by atoms with Gasteiger partial charge in [-0.1, -0.05) is 215 Å². The zero-order chi connectivity index (χ0) is 41.9. The summed E-state index contributed by atoms with van der Waals surface area (Å²) in [6, 6.07) is 0. The summed E-state index contributed by atoms with van der Waals surface area (Å²) in [7, 11) is 0. The van der Waals surface area contributed by atoms with Crippen LogP contribution in [0.4, 0.5) is 0 Å². The first-order valence-electron chi connectivity index (χ1n) is 26.6. The lowest BCUT2D eigenvalue weighted by molar-refractivity contribution is -0.214. The fourth-order valence-corrected chi connectivity index (χ4v) is 15.0. The van der Waals surface area contributed by atoms with Gasteiger partial charge in [0.05, 0.1) is 0 Å². The summed E-state index contributed by atoms with van der Waals surface area (Å²) >= 11 is 0. The van der Waals surface area contributed by atoms with Gasteiger partial charge in [0.2, 0.25) is 0 Å². The van der Waals surface area contributed by atoms with Gasteiger partial charge in [0, 0.05) is 11.8 Å². The SMILES string of the molecule is CCCCCCCCCCCCCCCCCCCCCCCCCC(=O)O[C@H]1CC[C@]2(C)[C@H]3CCC4=C5CC(C)(C)CC[C@]5(C)CC[C@@]4(C)[C@]3(C)CC[C@H]2C1(C)C. The second-order valence-electron chi connectivity index (χ2n) is 24.2. The molecule has 0 aliphatic heterocycles. The van der Waals surface area contributed by atoms with Gasteiger partial charge in [-0.15, -0.1) is 0 Å². The summed E-state index contributed by atoms with van der Waals surface area (Å²) in [4.78, 5) is 13.3. The predicted molar refractivity (Wildman–Crippen MR) is 251 cm³/mol. The molecule has 0 radical (unpaired) electrons. The van der Waals surface area contributed by atoms with Crippen molar-refractivity contribution in [2.24, 2.45) is 44.3 Å². The lowest BCUT2D eigenvalue weighted by Gasteiger charge is -2.71. The molecule has 0 bridgehead atoms. The van der Waals surface area contributed by atoms with Gasteiger partial charge in [0.25, 0.3) is 0 Å². The Labute approximate surface area is 362 Å². The highest BCUT2D eigenvalue weighted by Crippen LogP contribution is 2.75. The first-order chi connectivity index (χ1) is 27.6. The van der Waals surface area contributed by atoms with Crippen molar-refractivity contribution in [1.82, 2.24) is 0 Å². The van der Waals surface area contributed by atoms with E-state index in [1.165, 1.54) is 205 Å². The molecule has 4 fully saturated rings. The van der Waals surface area contributed by atoms with E-state index in [1.807, 2.05) is 11.1 Å². The quantitative estimate of drug-likeness (QED) is 0.0522. The largest absolute Gasteiger partial charge is 0.462 e. The Bertz CT molecular complexity index is 1290. The van der Waals surface area contributed by atoms with Crippen LogP contribution in [0.5, 0.6) is 0 Å². The second-order valence-corrected chi connectivity index (χ2v) is 24.2. The summed E-state index contributed by atoms with van der Waals surface area (Å²) in [5.41, 5.74) is 5.79. The van der Waals surface area contributed by atoms with Gasteiger partial charge in [-0.2, -0.15) is 0 Å². The number of carbonyl (C=O) groups is 1. The van der Waals surface area contributed by atoms with Crippen LogP contribution in [0.15, 0.2) is 11.1 Å². The topological polar surface area (TPSA) is 26.3 Å². The Morgan fingerprint density at radius 1 is 0.517 bits per heavy atom. The molecular weight excluding hydrogens is 705 g/mol. The van der Waals surface area contributed by atoms with E-state index < -0.39 is 0 Å². The van der Waals surface area contributed by atoms with Gasteiger partial charge < -0.3 is 4.74 Å². The molecule has 5 aliphatic rings. The van der Waals surface area contributed by atoms with Crippen LogP contribution >= 0.6 is 0 Å². The van der Waals surface area contributed by atoms with E-state index in [-0.39, 0.29) is 17.5 Å². The molecule has 336 valence electrons. The Morgan fingerprint density at radius 3 is 1.52 bits per heavy atom. The summed E-state index contributed by atoms with van der Waals surface area (Å²) < 4.78 is 6.46. The molecule has 0 saturated heterocycles. The number of carbonyl (C=O) groups excluding carboxylic acids is 1. The predicted octanol–water partition coefficient (Wildman–Crippen LogP) is 18.2. The van der Waals surface area contributed by atoms with E-state index in [0.717, 1.165) is 18.8 Å². The summed E-state index contributed by atoms with van der Waals surface area (Å²) in [5, 5.41) is 0. The normalized spacial score (nSPS) is 33.8. The number of unbranched alkanes of at least 4 members (excludes halogenated alkanes) is 22. The maximum atomic E-state index is 13.3. The Kier molecular flexibility index (Phi) is 17.9. The molecule has 0 aromatic heterocycles. The first-order valence-corrected chi connectivity index (χ1v) is 26.6. The van der Waals surface area contributed by atoms with Gasteiger partial charge >= 0.3 is 5.97 Å². The maximum absolute atomic E-state index is 13.3. The van der Waals surface area contributed by atoms with Crippen LogP contribution < -0.4 is 0 Å². The van der Waals surface area contributed by atoms with Crippen LogP contribution in [0, 0.1) is 44.3 Å². The van der Waals surface area contributed by atoms with E-state index in [2.05, 4.69) is 62.3 Å². The van der Waals surface area contributed by atoms with Crippen LogP contribution in [0.3, 0.4) is 0 Å². The van der Waals surface area contributed by atoms with E-state index in [9.17, 15) is 4.79 Å². The highest BCUT2D eigenvalue weighted by atomic mass is 16.5. The minimum atomic E-state index is 0.0363. The first kappa shape index (κ1) is 48.2. The van der Waals surface area contributed by atoms with Crippen molar-refractivity contribution in [2.45, 2.75) is 293 Å². The smallest absolute Gasteiger partial charge is 0.306 e. The number of allylic oxidation sites excluding steroid dienone is 2. The summed E-state index contributed by atoms with van der Waals surface area (Å²) in [5.74, 6) is 1.47. The number of fused-ring (bicyclic) bond motifs is 6. The molecule has 2 nitrogen and oxygen atoms in total. The minimum absolute atomic E-state index is 0.0363. The van der Waals surface area contributed by atoms with Crippen LogP contribution in [-0.2, 0) is 9.53 Å². The molecule has 2 heteroatoms. The van der Waals surface area contributed by atoms with Gasteiger partial charge in [0.1, 0.15) is 6.10 Å². The molecule has 5 aliphatic carbocycles. The fourth-order valence-electron chi connectivity index (χ4n) is 15.0. The zero-order valence-corrected chi connectivity index (χ0v) is 40.8. The number of ether oxygens (including phenoxy) is 1. The molecule has 0 spiro atoms. The lowest BCUT2D eigenvalue weighted by atomic mass is 9.34. The van der Waals surface area contributed by atoms with Crippen molar-refractivity contribution < 1.29 is 9.53 Å². The average molecular weight is 805 g/mol. The van der Waals surface area contributed by atoms with Crippen molar-refractivity contribution in [2.75, 3.05) is 0 Å². The highest BCUT2D eigenvalue weighted by molar-refractivity contribution is 5.69. The van der Waals surface area contributed by atoms with E-state index in [1.54, 1.807) is 0 Å².